The van der Waals surface area contributed by atoms with Crippen LogP contribution in [0.15, 0.2) is 5.18 Å². The van der Waals surface area contributed by atoms with Crippen molar-refractivity contribution < 1.29 is 4.74 Å². The molecule has 0 spiro atoms. The minimum Gasteiger partial charge on any atom is -0.381 e. The molecule has 0 aromatic carbocycles. The van der Waals surface area contributed by atoms with Crippen LogP contribution in [0.3, 0.4) is 0 Å². The van der Waals surface area contributed by atoms with Gasteiger partial charge in [0, 0.05) is 6.61 Å². The van der Waals surface area contributed by atoms with Crippen molar-refractivity contribution in [1.29, 1.82) is 0 Å². The first-order valence-corrected chi connectivity index (χ1v) is 5.14. The van der Waals surface area contributed by atoms with Gasteiger partial charge in [-0.15, -0.1) is 0 Å². The monoisotopic (exact) mass is 201 g/mol. The van der Waals surface area contributed by atoms with Crippen molar-refractivity contribution in [3.05, 3.63) is 4.91 Å². The minimum atomic E-state index is -0.0281. The van der Waals surface area contributed by atoms with Crippen molar-refractivity contribution in [3.8, 4) is 0 Å². The summed E-state index contributed by atoms with van der Waals surface area (Å²) in [5.41, 5.74) is 0.187. The van der Waals surface area contributed by atoms with E-state index in [-0.39, 0.29) is 10.8 Å². The number of rotatable bonds is 6. The molecular weight excluding hydrogens is 178 g/mol. The number of ether oxygens (including phenoxy) is 1. The SMILES string of the molecule is CC(C)(C)COCCC(C)(C)CN=O. The van der Waals surface area contributed by atoms with E-state index in [0.29, 0.717) is 13.2 Å². The van der Waals surface area contributed by atoms with E-state index in [9.17, 15) is 4.91 Å². The third kappa shape index (κ3) is 8.17. The van der Waals surface area contributed by atoms with Crippen LogP contribution in [0, 0.1) is 15.7 Å². The molecule has 3 nitrogen and oxygen atoms in total. The van der Waals surface area contributed by atoms with E-state index >= 15 is 0 Å². The van der Waals surface area contributed by atoms with Crippen molar-refractivity contribution in [2.24, 2.45) is 16.0 Å². The summed E-state index contributed by atoms with van der Waals surface area (Å²) in [6.45, 7) is 12.3. The quantitative estimate of drug-likeness (QED) is 0.489. The molecule has 84 valence electrons. The van der Waals surface area contributed by atoms with Gasteiger partial charge in [-0.1, -0.05) is 39.8 Å². The Labute approximate surface area is 87.2 Å². The van der Waals surface area contributed by atoms with Crippen LogP contribution in [0.25, 0.3) is 0 Å². The third-order valence-electron chi connectivity index (χ3n) is 1.95. The van der Waals surface area contributed by atoms with E-state index in [1.807, 2.05) is 13.8 Å². The largest absolute Gasteiger partial charge is 0.381 e. The van der Waals surface area contributed by atoms with E-state index in [2.05, 4.69) is 25.9 Å². The van der Waals surface area contributed by atoms with Gasteiger partial charge in [0.2, 0.25) is 0 Å². The molecule has 0 fully saturated rings. The van der Waals surface area contributed by atoms with Crippen molar-refractivity contribution in [2.45, 2.75) is 41.0 Å². The van der Waals surface area contributed by atoms with Crippen LogP contribution in [0.2, 0.25) is 0 Å². The zero-order valence-corrected chi connectivity index (χ0v) is 10.1. The zero-order chi connectivity index (χ0) is 11.2. The van der Waals surface area contributed by atoms with E-state index in [4.69, 9.17) is 4.74 Å². The summed E-state index contributed by atoms with van der Waals surface area (Å²) >= 11 is 0. The van der Waals surface area contributed by atoms with Crippen LogP contribution < -0.4 is 0 Å². The number of nitroso groups, excluding NO2 is 1. The van der Waals surface area contributed by atoms with E-state index in [1.54, 1.807) is 0 Å². The van der Waals surface area contributed by atoms with Crippen LogP contribution in [-0.4, -0.2) is 19.8 Å². The fourth-order valence-electron chi connectivity index (χ4n) is 0.981. The fourth-order valence-corrected chi connectivity index (χ4v) is 0.981. The van der Waals surface area contributed by atoms with Gasteiger partial charge in [-0.05, 0) is 17.3 Å². The van der Waals surface area contributed by atoms with Crippen molar-refractivity contribution in [1.82, 2.24) is 0 Å². The molecule has 0 bridgehead atoms. The van der Waals surface area contributed by atoms with Crippen molar-refractivity contribution in [2.75, 3.05) is 19.8 Å². The Morgan fingerprint density at radius 2 is 1.71 bits per heavy atom. The molecule has 0 aliphatic heterocycles. The summed E-state index contributed by atoms with van der Waals surface area (Å²) in [5, 5.41) is 2.93. The maximum absolute atomic E-state index is 10.1. The maximum Gasteiger partial charge on any atom is 0.0862 e. The number of nitrogens with zero attached hydrogens (tertiary/aromatic N) is 1. The highest BCUT2D eigenvalue weighted by Gasteiger charge is 2.18. The lowest BCUT2D eigenvalue weighted by Gasteiger charge is -2.23. The molecule has 0 unspecified atom stereocenters. The maximum atomic E-state index is 10.1. The average molecular weight is 201 g/mol. The molecule has 14 heavy (non-hydrogen) atoms. The lowest BCUT2D eigenvalue weighted by Crippen LogP contribution is -2.21. The van der Waals surface area contributed by atoms with Crippen LogP contribution in [0.4, 0.5) is 0 Å². The highest BCUT2D eigenvalue weighted by Crippen LogP contribution is 2.21. The third-order valence-corrected chi connectivity index (χ3v) is 1.95. The highest BCUT2D eigenvalue weighted by molar-refractivity contribution is 4.70. The van der Waals surface area contributed by atoms with Crippen molar-refractivity contribution >= 4 is 0 Å². The average Bonchev–Trinajstić information content (AvgIpc) is 1.96. The second-order valence-electron chi connectivity index (χ2n) is 5.81. The van der Waals surface area contributed by atoms with Gasteiger partial charge >= 0.3 is 0 Å². The fraction of sp³-hybridized carbons (Fsp3) is 1.00. The minimum absolute atomic E-state index is 0.0281. The first kappa shape index (κ1) is 13.6. The molecule has 0 aliphatic carbocycles. The van der Waals surface area contributed by atoms with E-state index < -0.39 is 0 Å². The van der Waals surface area contributed by atoms with E-state index in [1.165, 1.54) is 0 Å². The molecule has 0 aliphatic rings. The molecule has 0 rings (SSSR count). The van der Waals surface area contributed by atoms with E-state index in [0.717, 1.165) is 13.0 Å². The lowest BCUT2D eigenvalue weighted by atomic mass is 9.90. The Kier molecular flexibility index (Phi) is 5.27. The molecule has 0 atom stereocenters. The highest BCUT2D eigenvalue weighted by atomic mass is 16.5. The standard InChI is InChI=1S/C11H23NO2/c1-10(2,3)9-14-7-6-11(4,5)8-12-13/h6-9H2,1-5H3. The summed E-state index contributed by atoms with van der Waals surface area (Å²) in [6, 6.07) is 0. The van der Waals surface area contributed by atoms with Crippen molar-refractivity contribution in [3.63, 3.8) is 0 Å². The van der Waals surface area contributed by atoms with Gasteiger partial charge in [0.1, 0.15) is 0 Å². The second kappa shape index (κ2) is 5.44. The van der Waals surface area contributed by atoms with Gasteiger partial charge in [-0.3, -0.25) is 0 Å². The lowest BCUT2D eigenvalue weighted by molar-refractivity contribution is 0.0543. The van der Waals surface area contributed by atoms with Gasteiger partial charge in [0.25, 0.3) is 0 Å². The van der Waals surface area contributed by atoms with Gasteiger partial charge in [-0.25, -0.2) is 0 Å². The molecule has 0 saturated carbocycles. The smallest absolute Gasteiger partial charge is 0.0862 e. The molecule has 0 radical (unpaired) electrons. The summed E-state index contributed by atoms with van der Waals surface area (Å²) in [7, 11) is 0. The molecule has 0 N–H and O–H groups in total. The summed E-state index contributed by atoms with van der Waals surface area (Å²) in [6.07, 6.45) is 0.884. The molecule has 0 aromatic rings. The summed E-state index contributed by atoms with van der Waals surface area (Å²) < 4.78 is 5.54. The van der Waals surface area contributed by atoms with Crippen LogP contribution >= 0.6 is 0 Å². The molecule has 3 heteroatoms. The van der Waals surface area contributed by atoms with Gasteiger partial charge in [-0.2, -0.15) is 4.91 Å². The van der Waals surface area contributed by atoms with Crippen LogP contribution in [-0.2, 0) is 4.74 Å². The van der Waals surface area contributed by atoms with Gasteiger partial charge in [0.15, 0.2) is 0 Å². The second-order valence-corrected chi connectivity index (χ2v) is 5.81. The first-order chi connectivity index (χ1) is 6.27. The Bertz CT molecular complexity index is 171. The number of hydrogen-bond acceptors (Lipinski definition) is 3. The molecule has 0 saturated heterocycles. The summed E-state index contributed by atoms with van der Waals surface area (Å²) in [4.78, 5) is 10.1. The molecule has 0 aromatic heterocycles. The van der Waals surface area contributed by atoms with Crippen LogP contribution in [0.1, 0.15) is 41.0 Å². The Balaban J connectivity index is 3.58. The predicted octanol–water partition coefficient (Wildman–Crippen LogP) is 3.23. The number of hydrogen-bond donors (Lipinski definition) is 0. The van der Waals surface area contributed by atoms with Crippen LogP contribution in [0.5, 0.6) is 0 Å². The predicted molar refractivity (Wildman–Crippen MR) is 59.3 cm³/mol. The summed E-state index contributed by atoms with van der Waals surface area (Å²) in [5.74, 6) is 0. The van der Waals surface area contributed by atoms with Gasteiger partial charge < -0.3 is 4.74 Å². The van der Waals surface area contributed by atoms with Gasteiger partial charge in [0.05, 0.1) is 13.2 Å². The normalized spacial score (nSPS) is 12.9. The first-order valence-electron chi connectivity index (χ1n) is 5.14. The Hall–Kier alpha value is -0.440. The zero-order valence-electron chi connectivity index (χ0n) is 10.1. The molecule has 0 heterocycles. The Morgan fingerprint density at radius 1 is 1.14 bits per heavy atom. The molecular formula is C11H23NO2. The Morgan fingerprint density at radius 3 is 2.14 bits per heavy atom. The molecule has 0 amide bonds. The topological polar surface area (TPSA) is 38.7 Å².